The van der Waals surface area contributed by atoms with E-state index in [9.17, 15) is 9.59 Å². The second-order valence-electron chi connectivity index (χ2n) is 6.20. The van der Waals surface area contributed by atoms with Crippen molar-refractivity contribution in [2.24, 2.45) is 0 Å². The first-order valence-corrected chi connectivity index (χ1v) is 8.38. The molecule has 2 aromatic rings. The number of benzene rings is 1. The average molecular weight is 341 g/mol. The molecule has 2 amide bonds. The molecular formula is C18H23N5O2. The molecule has 0 radical (unpaired) electrons. The molecule has 3 rings (SSSR count). The van der Waals surface area contributed by atoms with Crippen LogP contribution in [0.2, 0.25) is 0 Å². The van der Waals surface area contributed by atoms with E-state index in [0.29, 0.717) is 25.2 Å². The zero-order chi connectivity index (χ0) is 17.8. The molecule has 0 bridgehead atoms. The number of hydrogen-bond acceptors (Lipinski definition) is 4. The van der Waals surface area contributed by atoms with Crippen LogP contribution in [0.1, 0.15) is 34.7 Å². The van der Waals surface area contributed by atoms with Crippen molar-refractivity contribution >= 4 is 11.8 Å². The molecular weight excluding hydrogens is 318 g/mol. The molecule has 25 heavy (non-hydrogen) atoms. The number of carbonyl (C=O) groups is 2. The minimum Gasteiger partial charge on any atom is -0.355 e. The van der Waals surface area contributed by atoms with Gasteiger partial charge in [0.05, 0.1) is 12.6 Å². The Labute approximate surface area is 147 Å². The fraction of sp³-hybridized carbons (Fsp3) is 0.389. The number of aromatic nitrogens is 2. The highest BCUT2D eigenvalue weighted by Gasteiger charge is 2.30. The third kappa shape index (κ3) is 3.88. The van der Waals surface area contributed by atoms with Crippen LogP contribution in [-0.2, 0) is 11.3 Å². The second kappa shape index (κ2) is 7.48. The van der Waals surface area contributed by atoms with Crippen molar-refractivity contribution in [1.82, 2.24) is 25.1 Å². The lowest BCUT2D eigenvalue weighted by atomic mass is 9.99. The maximum atomic E-state index is 12.1. The van der Waals surface area contributed by atoms with Crippen LogP contribution >= 0.6 is 0 Å². The lowest BCUT2D eigenvalue weighted by Gasteiger charge is -2.41. The van der Waals surface area contributed by atoms with E-state index in [4.69, 9.17) is 0 Å². The number of piperazine rings is 1. The highest BCUT2D eigenvalue weighted by Crippen LogP contribution is 2.27. The summed E-state index contributed by atoms with van der Waals surface area (Å²) in [6.07, 6.45) is 3.55. The van der Waals surface area contributed by atoms with Gasteiger partial charge in [0.15, 0.2) is 0 Å². The quantitative estimate of drug-likeness (QED) is 0.875. The number of hydrogen-bond donors (Lipinski definition) is 2. The molecule has 1 aromatic heterocycles. The van der Waals surface area contributed by atoms with Gasteiger partial charge in [0.1, 0.15) is 5.82 Å². The van der Waals surface area contributed by atoms with Crippen molar-refractivity contribution in [2.75, 3.05) is 26.7 Å². The molecule has 0 unspecified atom stereocenters. The third-order valence-corrected chi connectivity index (χ3v) is 4.56. The molecule has 0 spiro atoms. The van der Waals surface area contributed by atoms with E-state index in [0.717, 1.165) is 17.9 Å². The van der Waals surface area contributed by atoms with Crippen LogP contribution in [0.25, 0.3) is 0 Å². The third-order valence-electron chi connectivity index (χ3n) is 4.56. The number of rotatable bonds is 4. The first kappa shape index (κ1) is 17.2. The Balaban J connectivity index is 1.83. The van der Waals surface area contributed by atoms with E-state index in [1.165, 1.54) is 0 Å². The fourth-order valence-corrected chi connectivity index (χ4v) is 3.27. The van der Waals surface area contributed by atoms with Crippen LogP contribution in [0.4, 0.5) is 0 Å². The fourth-order valence-electron chi connectivity index (χ4n) is 3.27. The largest absolute Gasteiger partial charge is 0.355 e. The minimum absolute atomic E-state index is 0.0491. The summed E-state index contributed by atoms with van der Waals surface area (Å²) >= 11 is 0. The Bertz CT molecular complexity index is 744. The summed E-state index contributed by atoms with van der Waals surface area (Å²) in [5.74, 6) is 0.835. The number of aromatic amines is 1. The summed E-state index contributed by atoms with van der Waals surface area (Å²) < 4.78 is 0. The minimum atomic E-state index is -0.125. The normalized spacial score (nSPS) is 18.2. The van der Waals surface area contributed by atoms with Gasteiger partial charge in [0, 0.05) is 51.6 Å². The van der Waals surface area contributed by atoms with Gasteiger partial charge in [-0.25, -0.2) is 4.98 Å². The van der Waals surface area contributed by atoms with Gasteiger partial charge >= 0.3 is 0 Å². The standard InChI is InChI=1S/C18H23N5O2/c1-13(24)23-9-8-22(12-17-20-6-7-21-17)11-16(23)14-4-3-5-15(10-14)18(25)19-2/h3-7,10,16H,8-9,11-12H2,1-2H3,(H,19,25)(H,20,21)/t16-/m0/s1. The summed E-state index contributed by atoms with van der Waals surface area (Å²) in [5.41, 5.74) is 1.58. The molecule has 7 nitrogen and oxygen atoms in total. The summed E-state index contributed by atoms with van der Waals surface area (Å²) in [4.78, 5) is 35.6. The number of imidazole rings is 1. The van der Waals surface area contributed by atoms with Crippen molar-refractivity contribution in [1.29, 1.82) is 0 Å². The molecule has 1 fully saturated rings. The van der Waals surface area contributed by atoms with E-state index in [-0.39, 0.29) is 17.9 Å². The topological polar surface area (TPSA) is 81.3 Å². The first-order chi connectivity index (χ1) is 12.1. The Morgan fingerprint density at radius 2 is 2.20 bits per heavy atom. The van der Waals surface area contributed by atoms with Gasteiger partial charge in [-0.05, 0) is 17.7 Å². The summed E-state index contributed by atoms with van der Waals surface area (Å²) in [6, 6.07) is 7.41. The average Bonchev–Trinajstić information content (AvgIpc) is 3.14. The van der Waals surface area contributed by atoms with Gasteiger partial charge in [0.25, 0.3) is 5.91 Å². The van der Waals surface area contributed by atoms with Crippen molar-refractivity contribution in [2.45, 2.75) is 19.5 Å². The Hall–Kier alpha value is -2.67. The summed E-state index contributed by atoms with van der Waals surface area (Å²) in [5, 5.41) is 2.64. The monoisotopic (exact) mass is 341 g/mol. The molecule has 1 aromatic carbocycles. The van der Waals surface area contributed by atoms with Crippen molar-refractivity contribution in [3.8, 4) is 0 Å². The number of nitrogens with one attached hydrogen (secondary N) is 2. The van der Waals surface area contributed by atoms with Gasteiger partial charge in [-0.2, -0.15) is 0 Å². The van der Waals surface area contributed by atoms with E-state index >= 15 is 0 Å². The lowest BCUT2D eigenvalue weighted by molar-refractivity contribution is -0.134. The number of H-pyrrole nitrogens is 1. The molecule has 7 heteroatoms. The lowest BCUT2D eigenvalue weighted by Crippen LogP contribution is -2.49. The van der Waals surface area contributed by atoms with Gasteiger partial charge in [0.2, 0.25) is 5.91 Å². The smallest absolute Gasteiger partial charge is 0.251 e. The van der Waals surface area contributed by atoms with Crippen LogP contribution in [-0.4, -0.2) is 58.3 Å². The molecule has 132 valence electrons. The molecule has 2 heterocycles. The molecule has 2 N–H and O–H groups in total. The Kier molecular flexibility index (Phi) is 5.14. The predicted molar refractivity (Wildman–Crippen MR) is 93.8 cm³/mol. The van der Waals surface area contributed by atoms with Crippen LogP contribution in [0.5, 0.6) is 0 Å². The van der Waals surface area contributed by atoms with Crippen LogP contribution in [0.15, 0.2) is 36.7 Å². The molecule has 1 aliphatic rings. The predicted octanol–water partition coefficient (Wildman–Crippen LogP) is 1.17. The maximum Gasteiger partial charge on any atom is 0.251 e. The van der Waals surface area contributed by atoms with Gasteiger partial charge in [-0.15, -0.1) is 0 Å². The second-order valence-corrected chi connectivity index (χ2v) is 6.20. The highest BCUT2D eigenvalue weighted by molar-refractivity contribution is 5.94. The van der Waals surface area contributed by atoms with Crippen molar-refractivity contribution in [3.63, 3.8) is 0 Å². The van der Waals surface area contributed by atoms with Crippen molar-refractivity contribution < 1.29 is 9.59 Å². The number of nitrogens with zero attached hydrogens (tertiary/aromatic N) is 3. The number of carbonyl (C=O) groups excluding carboxylic acids is 2. The van der Waals surface area contributed by atoms with E-state index < -0.39 is 0 Å². The van der Waals surface area contributed by atoms with E-state index in [1.54, 1.807) is 26.2 Å². The molecule has 1 saturated heterocycles. The van der Waals surface area contributed by atoms with Crippen LogP contribution in [0.3, 0.4) is 0 Å². The highest BCUT2D eigenvalue weighted by atomic mass is 16.2. The van der Waals surface area contributed by atoms with E-state index in [2.05, 4.69) is 20.2 Å². The Morgan fingerprint density at radius 3 is 2.88 bits per heavy atom. The SMILES string of the molecule is CNC(=O)c1cccc([C@@H]2CN(Cc3ncc[nH]3)CCN2C(C)=O)c1. The molecule has 1 aliphatic heterocycles. The van der Waals surface area contributed by atoms with Crippen molar-refractivity contribution in [3.05, 3.63) is 53.6 Å². The molecule has 1 atom stereocenters. The summed E-state index contributed by atoms with van der Waals surface area (Å²) in [6.45, 7) is 4.47. The Morgan fingerprint density at radius 1 is 1.36 bits per heavy atom. The van der Waals surface area contributed by atoms with E-state index in [1.807, 2.05) is 29.3 Å². The summed E-state index contributed by atoms with van der Waals surface area (Å²) in [7, 11) is 1.61. The van der Waals surface area contributed by atoms with Gasteiger partial charge in [-0.3, -0.25) is 14.5 Å². The van der Waals surface area contributed by atoms with Crippen LogP contribution in [0, 0.1) is 0 Å². The molecule has 0 saturated carbocycles. The molecule has 0 aliphatic carbocycles. The van der Waals surface area contributed by atoms with Gasteiger partial charge in [-0.1, -0.05) is 12.1 Å². The maximum absolute atomic E-state index is 12.1. The zero-order valence-electron chi connectivity index (χ0n) is 14.5. The van der Waals surface area contributed by atoms with Crippen LogP contribution < -0.4 is 5.32 Å². The first-order valence-electron chi connectivity index (χ1n) is 8.38. The van der Waals surface area contributed by atoms with Gasteiger partial charge < -0.3 is 15.2 Å². The number of amides is 2. The zero-order valence-corrected chi connectivity index (χ0v) is 14.5.